The summed E-state index contributed by atoms with van der Waals surface area (Å²) in [6.45, 7) is 1.97. The molecule has 1 heterocycles. The first-order chi connectivity index (χ1) is 12.2. The van der Waals surface area contributed by atoms with Crippen LogP contribution in [0.15, 0.2) is 24.3 Å². The van der Waals surface area contributed by atoms with E-state index in [1.165, 1.54) is 32.1 Å². The first-order valence-electron chi connectivity index (χ1n) is 9.15. The molecule has 1 aromatic carbocycles. The molecule has 136 valence electrons. The van der Waals surface area contributed by atoms with E-state index in [2.05, 4.69) is 5.32 Å². The van der Waals surface area contributed by atoms with E-state index in [1.54, 1.807) is 16.9 Å². The van der Waals surface area contributed by atoms with Crippen LogP contribution in [0.1, 0.15) is 32.1 Å². The monoisotopic (exact) mass is 345 g/mol. The highest BCUT2D eigenvalue weighted by atomic mass is 16.5. The summed E-state index contributed by atoms with van der Waals surface area (Å²) in [5, 5.41) is 3.00. The number of hydrogen-bond acceptors (Lipinski definition) is 3. The van der Waals surface area contributed by atoms with E-state index >= 15 is 0 Å². The predicted molar refractivity (Wildman–Crippen MR) is 96.9 cm³/mol. The molecule has 1 saturated carbocycles. The first kappa shape index (κ1) is 17.6. The molecule has 1 aromatic rings. The van der Waals surface area contributed by atoms with Crippen LogP contribution in [0, 0.1) is 5.92 Å². The molecule has 3 rings (SSSR count). The minimum atomic E-state index is -0.141. The lowest BCUT2D eigenvalue weighted by Gasteiger charge is -2.23. The van der Waals surface area contributed by atoms with E-state index in [-0.39, 0.29) is 18.5 Å². The van der Waals surface area contributed by atoms with E-state index in [9.17, 15) is 9.59 Å². The van der Waals surface area contributed by atoms with Gasteiger partial charge >= 0.3 is 6.03 Å². The van der Waals surface area contributed by atoms with Crippen LogP contribution < -0.4 is 15.0 Å². The lowest BCUT2D eigenvalue weighted by Crippen LogP contribution is -2.41. The number of nitrogens with one attached hydrogen (secondary N) is 1. The molecule has 6 nitrogen and oxygen atoms in total. The number of nitrogens with zero attached hydrogens (tertiary/aromatic N) is 2. The van der Waals surface area contributed by atoms with Gasteiger partial charge in [-0.15, -0.1) is 0 Å². The molecule has 2 fully saturated rings. The van der Waals surface area contributed by atoms with Crippen LogP contribution in [0.25, 0.3) is 0 Å². The summed E-state index contributed by atoms with van der Waals surface area (Å²) in [5.74, 6) is 1.19. The molecular formula is C19H27N3O3. The Bertz CT molecular complexity index is 614. The maximum absolute atomic E-state index is 12.6. The third-order valence-electron chi connectivity index (χ3n) is 5.12. The van der Waals surface area contributed by atoms with Gasteiger partial charge in [0.25, 0.3) is 0 Å². The Labute approximate surface area is 149 Å². The van der Waals surface area contributed by atoms with E-state index in [0.29, 0.717) is 24.8 Å². The van der Waals surface area contributed by atoms with Crippen LogP contribution in [0.5, 0.6) is 5.75 Å². The number of urea groups is 1. The topological polar surface area (TPSA) is 61.9 Å². The third kappa shape index (κ3) is 4.24. The summed E-state index contributed by atoms with van der Waals surface area (Å²) in [7, 11) is 1.59. The smallest absolute Gasteiger partial charge is 0.325 e. The zero-order valence-corrected chi connectivity index (χ0v) is 14.9. The number of benzene rings is 1. The Balaban J connectivity index is 1.52. The highest BCUT2D eigenvalue weighted by Crippen LogP contribution is 2.30. The van der Waals surface area contributed by atoms with Gasteiger partial charge in [0.15, 0.2) is 0 Å². The summed E-state index contributed by atoms with van der Waals surface area (Å²) in [6.07, 6.45) is 6.23. The largest absolute Gasteiger partial charge is 0.495 e. The summed E-state index contributed by atoms with van der Waals surface area (Å²) >= 11 is 0. The van der Waals surface area contributed by atoms with Crippen LogP contribution in [0.2, 0.25) is 0 Å². The molecule has 25 heavy (non-hydrogen) atoms. The standard InChI is InChI=1S/C19H27N3O3/c1-25-17-10-6-5-9-16(17)22-12-11-21(19(22)24)14-18(23)20-13-15-7-3-2-4-8-15/h5-6,9-10,15H,2-4,7-8,11-14H2,1H3,(H,20,23). The van der Waals surface area contributed by atoms with Gasteiger partial charge in [0.2, 0.25) is 5.91 Å². The van der Waals surface area contributed by atoms with E-state index in [1.807, 2.05) is 24.3 Å². The van der Waals surface area contributed by atoms with Gasteiger partial charge in [0, 0.05) is 19.6 Å². The molecule has 3 amide bonds. The van der Waals surface area contributed by atoms with Crippen LogP contribution in [-0.4, -0.2) is 50.1 Å². The maximum Gasteiger partial charge on any atom is 0.325 e. The Hall–Kier alpha value is -2.24. The molecule has 1 aliphatic heterocycles. The van der Waals surface area contributed by atoms with Crippen LogP contribution >= 0.6 is 0 Å². The number of amides is 3. The van der Waals surface area contributed by atoms with Crippen molar-refractivity contribution in [2.75, 3.05) is 38.2 Å². The molecule has 1 saturated heterocycles. The molecule has 0 unspecified atom stereocenters. The molecule has 0 bridgehead atoms. The van der Waals surface area contributed by atoms with E-state index in [4.69, 9.17) is 4.74 Å². The fourth-order valence-corrected chi connectivity index (χ4v) is 3.68. The summed E-state index contributed by atoms with van der Waals surface area (Å²) < 4.78 is 5.34. The fraction of sp³-hybridized carbons (Fsp3) is 0.579. The third-order valence-corrected chi connectivity index (χ3v) is 5.12. The average molecular weight is 345 g/mol. The van der Waals surface area contributed by atoms with Crippen molar-refractivity contribution in [2.24, 2.45) is 5.92 Å². The van der Waals surface area contributed by atoms with Gasteiger partial charge in [-0.3, -0.25) is 9.69 Å². The second-order valence-electron chi connectivity index (χ2n) is 6.84. The van der Waals surface area contributed by atoms with Crippen molar-refractivity contribution < 1.29 is 14.3 Å². The van der Waals surface area contributed by atoms with Crippen molar-refractivity contribution >= 4 is 17.6 Å². The summed E-state index contributed by atoms with van der Waals surface area (Å²) in [6, 6.07) is 7.31. The lowest BCUT2D eigenvalue weighted by molar-refractivity contribution is -0.121. The second kappa shape index (κ2) is 8.23. The van der Waals surface area contributed by atoms with Gasteiger partial charge in [-0.2, -0.15) is 0 Å². The Morgan fingerprint density at radius 1 is 1.20 bits per heavy atom. The molecule has 0 radical (unpaired) electrons. The minimum absolute atomic E-state index is 0.0687. The van der Waals surface area contributed by atoms with Gasteiger partial charge in [-0.05, 0) is 30.9 Å². The maximum atomic E-state index is 12.6. The number of ether oxygens (including phenoxy) is 1. The number of rotatable bonds is 6. The summed E-state index contributed by atoms with van der Waals surface area (Å²) in [4.78, 5) is 28.1. The lowest BCUT2D eigenvalue weighted by atomic mass is 9.89. The van der Waals surface area contributed by atoms with E-state index < -0.39 is 0 Å². The van der Waals surface area contributed by atoms with Crippen LogP contribution in [-0.2, 0) is 4.79 Å². The number of para-hydroxylation sites is 2. The van der Waals surface area contributed by atoms with Crippen molar-refractivity contribution in [2.45, 2.75) is 32.1 Å². The molecule has 1 aliphatic carbocycles. The molecular weight excluding hydrogens is 318 g/mol. The number of methoxy groups -OCH3 is 1. The van der Waals surface area contributed by atoms with Gasteiger partial charge < -0.3 is 15.0 Å². The molecule has 0 aromatic heterocycles. The Morgan fingerprint density at radius 2 is 1.96 bits per heavy atom. The van der Waals surface area contributed by atoms with Gasteiger partial charge in [0.1, 0.15) is 12.3 Å². The summed E-state index contributed by atoms with van der Waals surface area (Å²) in [5.41, 5.74) is 0.750. The molecule has 6 heteroatoms. The minimum Gasteiger partial charge on any atom is -0.495 e. The Morgan fingerprint density at radius 3 is 2.72 bits per heavy atom. The van der Waals surface area contributed by atoms with E-state index in [0.717, 1.165) is 12.2 Å². The fourth-order valence-electron chi connectivity index (χ4n) is 3.68. The molecule has 2 aliphatic rings. The van der Waals surface area contributed by atoms with Crippen molar-refractivity contribution in [3.8, 4) is 5.75 Å². The van der Waals surface area contributed by atoms with Gasteiger partial charge in [-0.25, -0.2) is 4.79 Å². The SMILES string of the molecule is COc1ccccc1N1CCN(CC(=O)NCC2CCCCC2)C1=O. The molecule has 1 N–H and O–H groups in total. The number of carbonyl (C=O) groups is 2. The van der Waals surface area contributed by atoms with Crippen LogP contribution in [0.4, 0.5) is 10.5 Å². The van der Waals surface area contributed by atoms with Crippen molar-refractivity contribution in [1.29, 1.82) is 0 Å². The highest BCUT2D eigenvalue weighted by molar-refractivity contribution is 5.97. The van der Waals surface area contributed by atoms with Gasteiger partial charge in [0.05, 0.1) is 12.8 Å². The zero-order valence-electron chi connectivity index (χ0n) is 14.9. The normalized spacial score (nSPS) is 18.5. The quantitative estimate of drug-likeness (QED) is 0.862. The van der Waals surface area contributed by atoms with Gasteiger partial charge in [-0.1, -0.05) is 31.4 Å². The number of anilines is 1. The van der Waals surface area contributed by atoms with Crippen molar-refractivity contribution in [1.82, 2.24) is 10.2 Å². The Kier molecular flexibility index (Phi) is 5.79. The second-order valence-corrected chi connectivity index (χ2v) is 6.84. The molecule has 0 spiro atoms. The van der Waals surface area contributed by atoms with Crippen molar-refractivity contribution in [3.63, 3.8) is 0 Å². The number of hydrogen-bond donors (Lipinski definition) is 1. The highest BCUT2D eigenvalue weighted by Gasteiger charge is 2.32. The molecule has 0 atom stereocenters. The zero-order chi connectivity index (χ0) is 17.6. The van der Waals surface area contributed by atoms with Crippen molar-refractivity contribution in [3.05, 3.63) is 24.3 Å². The predicted octanol–water partition coefficient (Wildman–Crippen LogP) is 2.63. The average Bonchev–Trinajstić information content (AvgIpc) is 3.01. The van der Waals surface area contributed by atoms with Crippen LogP contribution in [0.3, 0.4) is 0 Å². The first-order valence-corrected chi connectivity index (χ1v) is 9.15. The number of carbonyl (C=O) groups excluding carboxylic acids is 2.